The van der Waals surface area contributed by atoms with Crippen LogP contribution in [-0.2, 0) is 9.53 Å². The van der Waals surface area contributed by atoms with E-state index >= 15 is 0 Å². The summed E-state index contributed by atoms with van der Waals surface area (Å²) >= 11 is 4.65. The Kier molecular flexibility index (Phi) is 9.34. The first-order chi connectivity index (χ1) is 19.4. The summed E-state index contributed by atoms with van der Waals surface area (Å²) in [5.41, 5.74) is 1.07. The van der Waals surface area contributed by atoms with Crippen molar-refractivity contribution in [3.63, 3.8) is 0 Å². The van der Waals surface area contributed by atoms with E-state index in [4.69, 9.17) is 30.1 Å². The van der Waals surface area contributed by atoms with Crippen LogP contribution in [0.1, 0.15) is 31.0 Å². The summed E-state index contributed by atoms with van der Waals surface area (Å²) in [6.45, 7) is 4.62. The quantitative estimate of drug-likeness (QED) is 0.251. The lowest BCUT2D eigenvalue weighted by Gasteiger charge is -2.23. The van der Waals surface area contributed by atoms with Crippen LogP contribution in [0, 0.1) is 12.3 Å². The summed E-state index contributed by atoms with van der Waals surface area (Å²) in [4.78, 5) is 31.6. The van der Waals surface area contributed by atoms with Crippen LogP contribution < -0.4 is 33.8 Å². The number of terminal acetylenes is 1. The van der Waals surface area contributed by atoms with E-state index in [9.17, 15) is 9.59 Å². The van der Waals surface area contributed by atoms with Crippen molar-refractivity contribution < 1.29 is 28.5 Å². The maximum atomic E-state index is 13.9. The monoisotopic (exact) mass is 626 g/mol. The maximum Gasteiger partial charge on any atom is 0.337 e. The van der Waals surface area contributed by atoms with Gasteiger partial charge in [-0.2, -0.15) is 0 Å². The number of halogens is 1. The average molecular weight is 628 g/mol. The van der Waals surface area contributed by atoms with Crippen molar-refractivity contribution in [3.05, 3.63) is 77.4 Å². The van der Waals surface area contributed by atoms with Crippen LogP contribution in [0.2, 0.25) is 0 Å². The van der Waals surface area contributed by atoms with Gasteiger partial charge < -0.3 is 23.7 Å². The van der Waals surface area contributed by atoms with Crippen molar-refractivity contribution in [2.24, 2.45) is 4.99 Å². The highest BCUT2D eigenvalue weighted by Crippen LogP contribution is 2.36. The molecule has 0 unspecified atom stereocenters. The Bertz CT molecular complexity index is 1680. The smallest absolute Gasteiger partial charge is 0.337 e. The van der Waals surface area contributed by atoms with Gasteiger partial charge in [0, 0.05) is 16.2 Å². The lowest BCUT2D eigenvalue weighted by atomic mass is 9.97. The largest absolute Gasteiger partial charge is 0.493 e. The molecule has 1 aliphatic heterocycles. The molecule has 1 atom stereocenters. The van der Waals surface area contributed by atoms with Gasteiger partial charge in [-0.3, -0.25) is 9.36 Å². The molecule has 0 N–H and O–H groups in total. The number of hydrogen-bond donors (Lipinski definition) is 0. The Morgan fingerprint density at radius 1 is 1.12 bits per heavy atom. The van der Waals surface area contributed by atoms with E-state index in [0.29, 0.717) is 56.7 Å². The van der Waals surface area contributed by atoms with E-state index in [2.05, 4.69) is 26.8 Å². The molecular weight excluding hydrogens is 600 g/mol. The molecule has 9 nitrogen and oxygen atoms in total. The van der Waals surface area contributed by atoms with Gasteiger partial charge in [0.2, 0.25) is 0 Å². The van der Waals surface area contributed by atoms with Gasteiger partial charge in [0.25, 0.3) is 5.56 Å². The van der Waals surface area contributed by atoms with Crippen LogP contribution in [0.3, 0.4) is 0 Å². The Labute approximate surface area is 243 Å². The minimum atomic E-state index is -0.810. The highest BCUT2D eigenvalue weighted by Gasteiger charge is 2.31. The van der Waals surface area contributed by atoms with Gasteiger partial charge in [0.1, 0.15) is 6.61 Å². The molecule has 40 heavy (non-hydrogen) atoms. The summed E-state index contributed by atoms with van der Waals surface area (Å²) in [5, 5.41) is 0. The number of carbonyl (C=O) groups is 1. The van der Waals surface area contributed by atoms with Crippen LogP contribution >= 0.6 is 27.3 Å². The van der Waals surface area contributed by atoms with Crippen molar-refractivity contribution in [1.29, 1.82) is 0 Å². The summed E-state index contributed by atoms with van der Waals surface area (Å²) in [7, 11) is 2.80. The normalized spacial score (nSPS) is 14.3. The first-order valence-electron chi connectivity index (χ1n) is 12.3. The van der Waals surface area contributed by atoms with Gasteiger partial charge >= 0.3 is 5.97 Å². The summed E-state index contributed by atoms with van der Waals surface area (Å²) in [6, 6.07) is 8.05. The lowest BCUT2D eigenvalue weighted by Crippen LogP contribution is -2.39. The molecule has 4 rings (SSSR count). The number of carbonyl (C=O) groups excluding carboxylic acids is 1. The predicted molar refractivity (Wildman–Crippen MR) is 155 cm³/mol. The highest BCUT2D eigenvalue weighted by molar-refractivity contribution is 9.10. The molecule has 208 valence electrons. The number of thiazole rings is 1. The van der Waals surface area contributed by atoms with Crippen LogP contribution in [0.5, 0.6) is 23.0 Å². The van der Waals surface area contributed by atoms with Crippen LogP contribution in [-0.4, -0.2) is 44.6 Å². The van der Waals surface area contributed by atoms with Crippen molar-refractivity contribution in [3.8, 4) is 35.3 Å². The second kappa shape index (κ2) is 12.9. The molecule has 11 heteroatoms. The molecule has 0 saturated heterocycles. The molecule has 1 aliphatic rings. The van der Waals surface area contributed by atoms with Crippen molar-refractivity contribution in [2.75, 3.05) is 34.0 Å². The molecule has 0 bridgehead atoms. The highest BCUT2D eigenvalue weighted by atomic mass is 79.9. The first kappa shape index (κ1) is 29.0. The van der Waals surface area contributed by atoms with Crippen LogP contribution in [0.25, 0.3) is 6.08 Å². The zero-order valence-corrected chi connectivity index (χ0v) is 24.8. The Hall–Kier alpha value is -4.01. The Morgan fingerprint density at radius 3 is 2.55 bits per heavy atom. The van der Waals surface area contributed by atoms with Crippen molar-refractivity contribution >= 4 is 39.3 Å². The molecule has 0 fully saturated rings. The molecule has 0 spiro atoms. The number of esters is 1. The number of fused-ring (bicyclic) bond motifs is 1. The zero-order chi connectivity index (χ0) is 28.8. The van der Waals surface area contributed by atoms with Crippen molar-refractivity contribution in [1.82, 2.24) is 4.57 Å². The molecular formula is C29H27BrN2O7S. The van der Waals surface area contributed by atoms with Gasteiger partial charge in [-0.1, -0.05) is 39.3 Å². The summed E-state index contributed by atoms with van der Waals surface area (Å²) in [5.74, 6) is 3.76. The number of aromatic nitrogens is 1. The standard InChI is InChI=1S/C29H27BrN2O7S/c1-6-11-39-26-18(12-19(30)15-23(26)35-4)14-24-27(33)32-25(20(28(34)36-5)16-31-29(32)40-24)17-9-10-21(37-7-2)22(13-17)38-8-3/h1,9-10,12-16,25H,7-8,11H2,2-5H3/b24-14+/t25-/m0/s1. The van der Waals surface area contributed by atoms with E-state index in [1.807, 2.05) is 13.8 Å². The number of hydrogen-bond acceptors (Lipinski definition) is 9. The van der Waals surface area contributed by atoms with E-state index < -0.39 is 12.0 Å². The minimum absolute atomic E-state index is 0.0163. The van der Waals surface area contributed by atoms with E-state index in [1.165, 1.54) is 36.3 Å². The van der Waals surface area contributed by atoms with Gasteiger partial charge in [-0.25, -0.2) is 9.79 Å². The molecule has 1 aromatic heterocycles. The molecule has 0 saturated carbocycles. The zero-order valence-electron chi connectivity index (χ0n) is 22.4. The number of methoxy groups -OCH3 is 2. The number of nitrogens with zero attached hydrogens (tertiary/aromatic N) is 2. The average Bonchev–Trinajstić information content (AvgIpc) is 3.27. The Balaban J connectivity index is 1.94. The minimum Gasteiger partial charge on any atom is -0.493 e. The van der Waals surface area contributed by atoms with E-state index in [0.717, 1.165) is 4.47 Å². The molecule has 2 aromatic carbocycles. The fraction of sp³-hybridized carbons (Fsp3) is 0.276. The SMILES string of the molecule is C#CCOc1c(/C=c2/sc3n(c2=O)[C@@H](c2ccc(OCC)c(OCC)c2)C(C(=O)OC)=CN=3)cc(Br)cc1OC. The predicted octanol–water partition coefficient (Wildman–Crippen LogP) is 3.60. The van der Waals surface area contributed by atoms with Crippen LogP contribution in [0.15, 0.2) is 56.4 Å². The topological polar surface area (TPSA) is 97.6 Å². The second-order valence-electron chi connectivity index (χ2n) is 8.27. The molecule has 0 aliphatic carbocycles. The van der Waals surface area contributed by atoms with Gasteiger partial charge in [-0.15, -0.1) is 6.42 Å². The summed E-state index contributed by atoms with van der Waals surface area (Å²) < 4.78 is 30.3. The number of benzene rings is 2. The lowest BCUT2D eigenvalue weighted by molar-refractivity contribution is -0.136. The van der Waals surface area contributed by atoms with Crippen molar-refractivity contribution in [2.45, 2.75) is 19.9 Å². The molecule has 3 aromatic rings. The summed E-state index contributed by atoms with van der Waals surface area (Å²) in [6.07, 6.45) is 8.53. The third-order valence-electron chi connectivity index (χ3n) is 5.86. The second-order valence-corrected chi connectivity index (χ2v) is 10.2. The first-order valence-corrected chi connectivity index (χ1v) is 13.9. The maximum absolute atomic E-state index is 13.9. The van der Waals surface area contributed by atoms with Gasteiger partial charge in [0.15, 0.2) is 27.8 Å². The molecule has 0 amide bonds. The fourth-order valence-electron chi connectivity index (χ4n) is 4.24. The Morgan fingerprint density at radius 2 is 1.88 bits per heavy atom. The third-order valence-corrected chi connectivity index (χ3v) is 7.32. The molecule has 0 radical (unpaired) electrons. The van der Waals surface area contributed by atoms with E-state index in [-0.39, 0.29) is 17.7 Å². The molecule has 2 heterocycles. The fourth-order valence-corrected chi connectivity index (χ4v) is 5.66. The third kappa shape index (κ3) is 5.78. The number of ether oxygens (including phenoxy) is 5. The van der Waals surface area contributed by atoms with Gasteiger partial charge in [0.05, 0.1) is 43.6 Å². The number of rotatable bonds is 10. The van der Waals surface area contributed by atoms with Crippen LogP contribution in [0.4, 0.5) is 0 Å². The van der Waals surface area contributed by atoms with Gasteiger partial charge in [-0.05, 0) is 49.8 Å². The van der Waals surface area contributed by atoms with E-state index in [1.54, 1.807) is 36.4 Å².